The molecule has 20 heavy (non-hydrogen) atoms. The third-order valence-corrected chi connectivity index (χ3v) is 4.09. The van der Waals surface area contributed by atoms with E-state index >= 15 is 0 Å². The Kier molecular flexibility index (Phi) is 4.96. The molecule has 0 aliphatic carbocycles. The molecule has 1 amide bonds. The highest BCUT2D eigenvalue weighted by Crippen LogP contribution is 2.26. The van der Waals surface area contributed by atoms with Gasteiger partial charge in [0.1, 0.15) is 6.07 Å². The monoisotopic (exact) mass is 339 g/mol. The smallest absolute Gasteiger partial charge is 0.224 e. The quantitative estimate of drug-likeness (QED) is 0.917. The van der Waals surface area contributed by atoms with E-state index in [-0.39, 0.29) is 15.9 Å². The van der Waals surface area contributed by atoms with Gasteiger partial charge < -0.3 is 10.2 Å². The number of carbonyl (C=O) groups is 1. The Balaban J connectivity index is 1.90. The van der Waals surface area contributed by atoms with Gasteiger partial charge in [0.25, 0.3) is 0 Å². The first-order chi connectivity index (χ1) is 9.63. The van der Waals surface area contributed by atoms with E-state index in [0.29, 0.717) is 18.7 Å². The van der Waals surface area contributed by atoms with Crippen LogP contribution in [-0.4, -0.2) is 30.4 Å². The topological polar surface area (TPSA) is 56.1 Å². The van der Waals surface area contributed by atoms with Crippen LogP contribution in [0.15, 0.2) is 16.6 Å². The summed E-state index contributed by atoms with van der Waals surface area (Å²) in [5, 5.41) is 11.7. The van der Waals surface area contributed by atoms with Crippen LogP contribution in [0.1, 0.15) is 24.8 Å². The van der Waals surface area contributed by atoms with Crippen LogP contribution < -0.4 is 5.32 Å². The van der Waals surface area contributed by atoms with Crippen LogP contribution in [0.5, 0.6) is 0 Å². The lowest BCUT2D eigenvalue weighted by atomic mass is 10.2. The number of hydrogen-bond acceptors (Lipinski definition) is 3. The second kappa shape index (κ2) is 6.71. The van der Waals surface area contributed by atoms with Crippen molar-refractivity contribution >= 4 is 27.5 Å². The average Bonchev–Trinajstić information content (AvgIpc) is 2.98. The zero-order valence-corrected chi connectivity index (χ0v) is 12.5. The zero-order chi connectivity index (χ0) is 14.5. The highest BCUT2D eigenvalue weighted by molar-refractivity contribution is 9.10. The Morgan fingerprint density at radius 3 is 2.80 bits per heavy atom. The van der Waals surface area contributed by atoms with E-state index in [4.69, 9.17) is 5.26 Å². The molecule has 1 aliphatic heterocycles. The van der Waals surface area contributed by atoms with Gasteiger partial charge >= 0.3 is 0 Å². The maximum atomic E-state index is 13.9. The van der Waals surface area contributed by atoms with E-state index < -0.39 is 5.82 Å². The fraction of sp³-hybridized carbons (Fsp3) is 0.429. The summed E-state index contributed by atoms with van der Waals surface area (Å²) in [5.41, 5.74) is 0.547. The Morgan fingerprint density at radius 2 is 2.15 bits per heavy atom. The van der Waals surface area contributed by atoms with E-state index in [2.05, 4.69) is 21.2 Å². The van der Waals surface area contributed by atoms with Crippen molar-refractivity contribution in [1.82, 2.24) is 4.90 Å². The summed E-state index contributed by atoms with van der Waals surface area (Å²) in [4.78, 5) is 13.7. The number of amides is 1. The molecule has 1 heterocycles. The molecule has 1 aliphatic rings. The summed E-state index contributed by atoms with van der Waals surface area (Å²) in [7, 11) is 0. The summed E-state index contributed by atoms with van der Waals surface area (Å²) in [6.45, 7) is 2.04. The number of nitriles is 1. The first-order valence-electron chi connectivity index (χ1n) is 6.53. The molecule has 0 radical (unpaired) electrons. The standard InChI is InChI=1S/C14H15BrFN3O/c15-13-10(9-17)3-4-11(14(13)16)18-6-5-12(20)19-7-1-2-8-19/h3-4,18H,1-2,5-8H2. The molecule has 1 N–H and O–H groups in total. The van der Waals surface area contributed by atoms with E-state index in [1.165, 1.54) is 12.1 Å². The minimum Gasteiger partial charge on any atom is -0.382 e. The van der Waals surface area contributed by atoms with Crippen LogP contribution in [0.4, 0.5) is 10.1 Å². The average molecular weight is 340 g/mol. The fourth-order valence-electron chi connectivity index (χ4n) is 2.20. The van der Waals surface area contributed by atoms with Crippen LogP contribution in [0.2, 0.25) is 0 Å². The first kappa shape index (κ1) is 14.8. The van der Waals surface area contributed by atoms with Crippen molar-refractivity contribution in [3.8, 4) is 6.07 Å². The van der Waals surface area contributed by atoms with Crippen molar-refractivity contribution in [3.63, 3.8) is 0 Å². The maximum Gasteiger partial charge on any atom is 0.224 e. The van der Waals surface area contributed by atoms with Gasteiger partial charge in [-0.1, -0.05) is 0 Å². The SMILES string of the molecule is N#Cc1ccc(NCCC(=O)N2CCCC2)c(F)c1Br. The van der Waals surface area contributed by atoms with Crippen molar-refractivity contribution in [2.45, 2.75) is 19.3 Å². The van der Waals surface area contributed by atoms with Crippen molar-refractivity contribution < 1.29 is 9.18 Å². The summed E-state index contributed by atoms with van der Waals surface area (Å²) in [6, 6.07) is 4.95. The number of nitrogens with one attached hydrogen (secondary N) is 1. The van der Waals surface area contributed by atoms with Gasteiger partial charge in [-0.2, -0.15) is 5.26 Å². The number of benzene rings is 1. The van der Waals surface area contributed by atoms with Crippen LogP contribution in [0, 0.1) is 17.1 Å². The molecule has 1 aromatic carbocycles. The Morgan fingerprint density at radius 1 is 1.45 bits per heavy atom. The fourth-order valence-corrected chi connectivity index (χ4v) is 2.64. The molecule has 1 fully saturated rings. The van der Waals surface area contributed by atoms with Crippen molar-refractivity contribution in [2.24, 2.45) is 0 Å². The highest BCUT2D eigenvalue weighted by Gasteiger charge is 2.17. The van der Waals surface area contributed by atoms with E-state index in [1.807, 2.05) is 11.0 Å². The van der Waals surface area contributed by atoms with Crippen LogP contribution in [0.3, 0.4) is 0 Å². The van der Waals surface area contributed by atoms with Gasteiger partial charge in [0.05, 0.1) is 15.7 Å². The maximum absolute atomic E-state index is 13.9. The second-order valence-electron chi connectivity index (χ2n) is 4.67. The molecule has 6 heteroatoms. The predicted octanol–water partition coefficient (Wildman–Crippen LogP) is 2.88. The normalized spacial score (nSPS) is 14.2. The minimum atomic E-state index is -0.502. The molecule has 4 nitrogen and oxygen atoms in total. The number of carbonyl (C=O) groups excluding carboxylic acids is 1. The van der Waals surface area contributed by atoms with Gasteiger partial charge in [0, 0.05) is 26.1 Å². The lowest BCUT2D eigenvalue weighted by Crippen LogP contribution is -2.29. The summed E-state index contributed by atoms with van der Waals surface area (Å²) >= 11 is 3.05. The van der Waals surface area contributed by atoms with Crippen molar-refractivity contribution in [3.05, 3.63) is 28.0 Å². The number of likely N-dealkylation sites (tertiary alicyclic amines) is 1. The van der Waals surface area contributed by atoms with Gasteiger partial charge in [-0.05, 0) is 40.9 Å². The van der Waals surface area contributed by atoms with E-state index in [1.54, 1.807) is 0 Å². The molecule has 2 rings (SSSR count). The molecular weight excluding hydrogens is 325 g/mol. The Labute approximate surface area is 125 Å². The van der Waals surface area contributed by atoms with Crippen molar-refractivity contribution in [1.29, 1.82) is 5.26 Å². The number of hydrogen-bond donors (Lipinski definition) is 1. The third-order valence-electron chi connectivity index (χ3n) is 3.32. The molecule has 106 valence electrons. The molecule has 0 unspecified atom stereocenters. The first-order valence-corrected chi connectivity index (χ1v) is 7.32. The number of nitrogens with zero attached hydrogens (tertiary/aromatic N) is 2. The molecule has 0 bridgehead atoms. The summed E-state index contributed by atoms with van der Waals surface area (Å²) in [5.74, 6) is -0.402. The molecule has 0 aromatic heterocycles. The largest absolute Gasteiger partial charge is 0.382 e. The predicted molar refractivity (Wildman–Crippen MR) is 77.7 cm³/mol. The molecule has 0 spiro atoms. The summed E-state index contributed by atoms with van der Waals surface area (Å²) in [6.07, 6.45) is 2.48. The van der Waals surface area contributed by atoms with E-state index in [0.717, 1.165) is 25.9 Å². The summed E-state index contributed by atoms with van der Waals surface area (Å²) < 4.78 is 14.1. The van der Waals surface area contributed by atoms with Crippen molar-refractivity contribution in [2.75, 3.05) is 25.0 Å². The number of rotatable bonds is 4. The molecule has 0 saturated carbocycles. The van der Waals surface area contributed by atoms with Gasteiger partial charge in [-0.25, -0.2) is 4.39 Å². The molecule has 0 atom stereocenters. The van der Waals surface area contributed by atoms with Crippen LogP contribution in [-0.2, 0) is 4.79 Å². The Bertz CT molecular complexity index is 550. The molecule has 1 aromatic rings. The Hall–Kier alpha value is -1.61. The number of anilines is 1. The van der Waals surface area contributed by atoms with E-state index in [9.17, 15) is 9.18 Å². The second-order valence-corrected chi connectivity index (χ2v) is 5.46. The molecule has 1 saturated heterocycles. The lowest BCUT2D eigenvalue weighted by Gasteiger charge is -2.15. The van der Waals surface area contributed by atoms with Gasteiger partial charge in [-0.15, -0.1) is 0 Å². The van der Waals surface area contributed by atoms with Gasteiger partial charge in [-0.3, -0.25) is 4.79 Å². The van der Waals surface area contributed by atoms with Crippen LogP contribution in [0.25, 0.3) is 0 Å². The van der Waals surface area contributed by atoms with Crippen LogP contribution >= 0.6 is 15.9 Å². The zero-order valence-electron chi connectivity index (χ0n) is 11.0. The highest BCUT2D eigenvalue weighted by atomic mass is 79.9. The third kappa shape index (κ3) is 3.28. The number of halogens is 2. The molecular formula is C14H15BrFN3O. The van der Waals surface area contributed by atoms with Gasteiger partial charge in [0.15, 0.2) is 5.82 Å². The lowest BCUT2D eigenvalue weighted by molar-refractivity contribution is -0.129. The van der Waals surface area contributed by atoms with Gasteiger partial charge in [0.2, 0.25) is 5.91 Å². The minimum absolute atomic E-state index is 0.100.